The van der Waals surface area contributed by atoms with Crippen LogP contribution in [0.5, 0.6) is 0 Å². The van der Waals surface area contributed by atoms with E-state index < -0.39 is 17.7 Å². The topological polar surface area (TPSA) is 83.8 Å². The second-order valence-electron chi connectivity index (χ2n) is 13.5. The van der Waals surface area contributed by atoms with Crippen molar-refractivity contribution in [1.29, 1.82) is 0 Å². The summed E-state index contributed by atoms with van der Waals surface area (Å²) in [6.45, 7) is 10.5. The first-order valence-electron chi connectivity index (χ1n) is 15.8. The number of pyridine rings is 1. The monoisotopic (exact) mass is 618 g/mol. The Hall–Kier alpha value is -3.43. The van der Waals surface area contributed by atoms with Gasteiger partial charge in [0.05, 0.1) is 18.1 Å². The standard InChI is InChI=1S/C34H43ClN6O3/c1-23-7-8-24(19-38-15-14-36-22-38)20-41(23)32(42)29-21-39(16-17-40(29)33(43)44-34(2,3)4)31-28-12-11-27(35)18-26(28)10-9-25-6-5-13-37-30(25)31/h5-6,11-15,18,22-24,29,31H,7-10,16-17,19-21H2,1-4H3/t23?,24?,29-,31-/m1/s1. The van der Waals surface area contributed by atoms with Gasteiger partial charge in [0.2, 0.25) is 5.91 Å². The fourth-order valence-corrected chi connectivity index (χ4v) is 7.26. The van der Waals surface area contributed by atoms with Crippen molar-refractivity contribution in [3.8, 4) is 0 Å². The lowest BCUT2D eigenvalue weighted by atomic mass is 9.91. The van der Waals surface area contributed by atoms with Gasteiger partial charge in [0.25, 0.3) is 0 Å². The molecule has 0 bridgehead atoms. The predicted molar refractivity (Wildman–Crippen MR) is 169 cm³/mol. The third-order valence-electron chi connectivity index (χ3n) is 9.23. The van der Waals surface area contributed by atoms with Crippen LogP contribution in [-0.4, -0.2) is 85.1 Å². The Morgan fingerprint density at radius 3 is 2.61 bits per heavy atom. The Kier molecular flexibility index (Phi) is 8.70. The fourth-order valence-electron chi connectivity index (χ4n) is 7.06. The van der Waals surface area contributed by atoms with E-state index in [0.717, 1.165) is 43.5 Å². The van der Waals surface area contributed by atoms with Crippen LogP contribution in [0.3, 0.4) is 0 Å². The first kappa shape index (κ1) is 30.6. The van der Waals surface area contributed by atoms with Crippen LogP contribution >= 0.6 is 11.6 Å². The molecule has 2 fully saturated rings. The maximum absolute atomic E-state index is 14.6. The molecule has 2 amide bonds. The number of benzene rings is 1. The minimum atomic E-state index is -0.681. The number of aromatic nitrogens is 3. The van der Waals surface area contributed by atoms with Gasteiger partial charge >= 0.3 is 6.09 Å². The summed E-state index contributed by atoms with van der Waals surface area (Å²) in [6, 6.07) is 9.50. The van der Waals surface area contributed by atoms with Gasteiger partial charge in [-0.3, -0.25) is 19.6 Å². The van der Waals surface area contributed by atoms with Crippen molar-refractivity contribution in [2.24, 2.45) is 5.92 Å². The van der Waals surface area contributed by atoms with Gasteiger partial charge in [0, 0.05) is 62.4 Å². The summed E-state index contributed by atoms with van der Waals surface area (Å²) in [5.74, 6) is 0.295. The molecule has 234 valence electrons. The predicted octanol–water partition coefficient (Wildman–Crippen LogP) is 5.37. The molecular formula is C34H43ClN6O3. The average Bonchev–Trinajstić information content (AvgIpc) is 3.44. The highest BCUT2D eigenvalue weighted by atomic mass is 35.5. The zero-order valence-electron chi connectivity index (χ0n) is 26.2. The summed E-state index contributed by atoms with van der Waals surface area (Å²) >= 11 is 6.46. The lowest BCUT2D eigenvalue weighted by Crippen LogP contribution is -2.63. The van der Waals surface area contributed by atoms with E-state index in [2.05, 4.69) is 39.6 Å². The summed E-state index contributed by atoms with van der Waals surface area (Å²) in [7, 11) is 0. The van der Waals surface area contributed by atoms with Crippen LogP contribution in [0, 0.1) is 5.92 Å². The zero-order chi connectivity index (χ0) is 31.0. The quantitative estimate of drug-likeness (QED) is 0.391. The average molecular weight is 619 g/mol. The maximum Gasteiger partial charge on any atom is 0.411 e. The van der Waals surface area contributed by atoms with Crippen molar-refractivity contribution in [2.45, 2.75) is 83.6 Å². The van der Waals surface area contributed by atoms with Crippen LogP contribution in [0.4, 0.5) is 4.79 Å². The van der Waals surface area contributed by atoms with Crippen molar-refractivity contribution >= 4 is 23.6 Å². The number of amides is 2. The number of nitrogens with zero attached hydrogens (tertiary/aromatic N) is 6. The molecule has 10 heteroatoms. The van der Waals surface area contributed by atoms with Gasteiger partial charge in [-0.15, -0.1) is 0 Å². The Morgan fingerprint density at radius 1 is 1.02 bits per heavy atom. The third kappa shape index (κ3) is 6.49. The van der Waals surface area contributed by atoms with Gasteiger partial charge in [-0.05, 0) is 94.2 Å². The minimum Gasteiger partial charge on any atom is -0.444 e. The van der Waals surface area contributed by atoms with Gasteiger partial charge < -0.3 is 14.2 Å². The highest BCUT2D eigenvalue weighted by molar-refractivity contribution is 6.30. The van der Waals surface area contributed by atoms with Gasteiger partial charge in [0.1, 0.15) is 11.6 Å². The molecule has 44 heavy (non-hydrogen) atoms. The van der Waals surface area contributed by atoms with E-state index in [1.165, 1.54) is 11.1 Å². The van der Waals surface area contributed by atoms with Crippen LogP contribution in [0.1, 0.15) is 69.0 Å². The van der Waals surface area contributed by atoms with Crippen molar-refractivity contribution < 1.29 is 14.3 Å². The van der Waals surface area contributed by atoms with E-state index in [4.69, 9.17) is 21.3 Å². The summed E-state index contributed by atoms with van der Waals surface area (Å²) in [6.07, 6.45) is 10.7. The molecular weight excluding hydrogens is 576 g/mol. The van der Waals surface area contributed by atoms with E-state index >= 15 is 0 Å². The number of carbonyl (C=O) groups is 2. The van der Waals surface area contributed by atoms with Gasteiger partial charge in [0.15, 0.2) is 0 Å². The van der Waals surface area contributed by atoms with Crippen LogP contribution in [0.2, 0.25) is 5.02 Å². The highest BCUT2D eigenvalue weighted by Crippen LogP contribution is 2.38. The Morgan fingerprint density at radius 2 is 1.84 bits per heavy atom. The van der Waals surface area contributed by atoms with Crippen molar-refractivity contribution in [3.63, 3.8) is 0 Å². The maximum atomic E-state index is 14.6. The first-order chi connectivity index (χ1) is 21.1. The summed E-state index contributed by atoms with van der Waals surface area (Å²) in [5.41, 5.74) is 3.91. The van der Waals surface area contributed by atoms with E-state index in [9.17, 15) is 9.59 Å². The van der Waals surface area contributed by atoms with Crippen molar-refractivity contribution in [1.82, 2.24) is 29.2 Å². The van der Waals surface area contributed by atoms with Gasteiger partial charge in [-0.2, -0.15) is 0 Å². The number of halogens is 1. The molecule has 0 N–H and O–H groups in total. The molecule has 2 aromatic heterocycles. The molecule has 3 aliphatic rings. The molecule has 0 saturated carbocycles. The number of fused-ring (bicyclic) bond motifs is 2. The number of carbonyl (C=O) groups excluding carboxylic acids is 2. The number of likely N-dealkylation sites (tertiary alicyclic amines) is 1. The Balaban J connectivity index is 1.33. The number of aryl methyl sites for hydroxylation is 2. The number of rotatable bonds is 4. The van der Waals surface area contributed by atoms with E-state index in [0.29, 0.717) is 37.1 Å². The zero-order valence-corrected chi connectivity index (χ0v) is 26.9. The van der Waals surface area contributed by atoms with Gasteiger partial charge in [-0.1, -0.05) is 23.7 Å². The number of hydrogen-bond donors (Lipinski definition) is 0. The second-order valence-corrected chi connectivity index (χ2v) is 14.0. The second kappa shape index (κ2) is 12.5. The number of imidazole rings is 1. The lowest BCUT2D eigenvalue weighted by molar-refractivity contribution is -0.144. The molecule has 6 rings (SSSR count). The number of ether oxygens (including phenoxy) is 1. The molecule has 2 unspecified atom stereocenters. The van der Waals surface area contributed by atoms with E-state index in [1.807, 2.05) is 56.5 Å². The molecule has 0 spiro atoms. The minimum absolute atomic E-state index is 0.0189. The molecule has 1 aliphatic carbocycles. The van der Waals surface area contributed by atoms with E-state index in [1.54, 1.807) is 11.1 Å². The Bertz CT molecular complexity index is 1490. The van der Waals surface area contributed by atoms with Crippen LogP contribution in [0.15, 0.2) is 55.2 Å². The molecule has 1 aromatic carbocycles. The molecule has 3 aromatic rings. The molecule has 2 saturated heterocycles. The number of piperidine rings is 1. The van der Waals surface area contributed by atoms with E-state index in [-0.39, 0.29) is 18.0 Å². The first-order valence-corrected chi connectivity index (χ1v) is 16.2. The molecule has 2 aliphatic heterocycles. The number of piperazine rings is 1. The van der Waals surface area contributed by atoms with Crippen molar-refractivity contribution in [3.05, 3.63) is 82.7 Å². The number of hydrogen-bond acceptors (Lipinski definition) is 6. The summed E-state index contributed by atoms with van der Waals surface area (Å²) in [5, 5.41) is 0.716. The lowest BCUT2D eigenvalue weighted by Gasteiger charge is -2.47. The van der Waals surface area contributed by atoms with Gasteiger partial charge in [-0.25, -0.2) is 9.78 Å². The Labute approximate surface area is 265 Å². The molecule has 0 radical (unpaired) electrons. The molecule has 4 atom stereocenters. The van der Waals surface area contributed by atoms with Crippen molar-refractivity contribution in [2.75, 3.05) is 26.2 Å². The summed E-state index contributed by atoms with van der Waals surface area (Å²) in [4.78, 5) is 43.3. The smallest absolute Gasteiger partial charge is 0.411 e. The fraction of sp³-hybridized carbons (Fsp3) is 0.529. The highest BCUT2D eigenvalue weighted by Gasteiger charge is 2.44. The van der Waals surface area contributed by atoms with Crippen LogP contribution in [-0.2, 0) is 28.9 Å². The largest absolute Gasteiger partial charge is 0.444 e. The SMILES string of the molecule is CC1CCC(Cn2ccnc2)CN1C(=O)[C@H]1CN([C@@H]2c3ccc(Cl)cc3CCc3cccnc32)CCN1C(=O)OC(C)(C)C. The third-order valence-corrected chi connectivity index (χ3v) is 9.46. The van der Waals surface area contributed by atoms with Crippen LogP contribution < -0.4 is 0 Å². The molecule has 9 nitrogen and oxygen atoms in total. The van der Waals surface area contributed by atoms with Crippen LogP contribution in [0.25, 0.3) is 0 Å². The molecule has 4 heterocycles. The normalized spacial score (nSPS) is 24.3. The summed E-state index contributed by atoms with van der Waals surface area (Å²) < 4.78 is 7.93.